The number of rotatable bonds is 5. The molecule has 3 heteroatoms. The fourth-order valence-corrected chi connectivity index (χ4v) is 2.92. The first kappa shape index (κ1) is 14.4. The first-order chi connectivity index (χ1) is 9.19. The largest absolute Gasteiger partial charge is 0.492 e. The van der Waals surface area contributed by atoms with Crippen LogP contribution in [-0.2, 0) is 0 Å². The molecule has 0 radical (unpaired) electrons. The number of nitrogens with zero attached hydrogens (tertiary/aromatic N) is 1. The van der Waals surface area contributed by atoms with Crippen molar-refractivity contribution in [2.24, 2.45) is 5.73 Å². The second-order valence-electron chi connectivity index (χ2n) is 5.59. The van der Waals surface area contributed by atoms with Crippen molar-refractivity contribution < 1.29 is 4.74 Å². The van der Waals surface area contributed by atoms with Crippen molar-refractivity contribution in [3.8, 4) is 5.75 Å². The Balaban J connectivity index is 1.82. The van der Waals surface area contributed by atoms with E-state index in [-0.39, 0.29) is 0 Å². The molecule has 1 aromatic carbocycles. The smallest absolute Gasteiger partial charge is 0.119 e. The highest BCUT2D eigenvalue weighted by molar-refractivity contribution is 5.32. The van der Waals surface area contributed by atoms with Gasteiger partial charge in [0.1, 0.15) is 12.4 Å². The first-order valence-corrected chi connectivity index (χ1v) is 7.34. The molecule has 3 nitrogen and oxygen atoms in total. The zero-order valence-electron chi connectivity index (χ0n) is 12.2. The van der Waals surface area contributed by atoms with Gasteiger partial charge in [0.2, 0.25) is 0 Å². The fourth-order valence-electron chi connectivity index (χ4n) is 2.92. The van der Waals surface area contributed by atoms with Crippen LogP contribution in [-0.4, -0.2) is 37.2 Å². The van der Waals surface area contributed by atoms with Gasteiger partial charge in [-0.1, -0.05) is 12.5 Å². The molecule has 1 unspecified atom stereocenters. The third-order valence-corrected chi connectivity index (χ3v) is 3.86. The van der Waals surface area contributed by atoms with Gasteiger partial charge in [0, 0.05) is 19.1 Å². The van der Waals surface area contributed by atoms with E-state index in [4.69, 9.17) is 10.5 Å². The Labute approximate surface area is 116 Å². The molecule has 1 saturated heterocycles. The van der Waals surface area contributed by atoms with Gasteiger partial charge in [-0.15, -0.1) is 0 Å². The maximum atomic E-state index is 5.88. The Morgan fingerprint density at radius 3 is 2.63 bits per heavy atom. The molecular weight excluding hydrogens is 236 g/mol. The van der Waals surface area contributed by atoms with Gasteiger partial charge in [0.25, 0.3) is 0 Å². The second kappa shape index (κ2) is 6.92. The van der Waals surface area contributed by atoms with E-state index in [0.29, 0.717) is 6.04 Å². The van der Waals surface area contributed by atoms with Gasteiger partial charge in [-0.05, 0) is 56.5 Å². The van der Waals surface area contributed by atoms with Gasteiger partial charge in [0.15, 0.2) is 0 Å². The van der Waals surface area contributed by atoms with E-state index < -0.39 is 0 Å². The lowest BCUT2D eigenvalue weighted by Crippen LogP contribution is -2.45. The maximum Gasteiger partial charge on any atom is 0.119 e. The van der Waals surface area contributed by atoms with E-state index >= 15 is 0 Å². The van der Waals surface area contributed by atoms with Gasteiger partial charge in [0.05, 0.1) is 0 Å². The molecule has 19 heavy (non-hydrogen) atoms. The lowest BCUT2D eigenvalue weighted by atomic mass is 10.0. The van der Waals surface area contributed by atoms with E-state index in [2.05, 4.69) is 36.9 Å². The SMILES string of the molecule is Cc1cc(C)cc(OCCN2CCCCC2CN)c1. The summed E-state index contributed by atoms with van der Waals surface area (Å²) in [4.78, 5) is 2.48. The Morgan fingerprint density at radius 2 is 1.95 bits per heavy atom. The zero-order chi connectivity index (χ0) is 13.7. The molecule has 0 saturated carbocycles. The molecule has 1 atom stereocenters. The molecule has 2 rings (SSSR count). The van der Waals surface area contributed by atoms with E-state index in [9.17, 15) is 0 Å². The van der Waals surface area contributed by atoms with Gasteiger partial charge in [-0.2, -0.15) is 0 Å². The molecule has 1 aromatic rings. The summed E-state index contributed by atoms with van der Waals surface area (Å²) in [5.41, 5.74) is 8.35. The summed E-state index contributed by atoms with van der Waals surface area (Å²) in [5, 5.41) is 0. The summed E-state index contributed by atoms with van der Waals surface area (Å²) in [6.45, 7) is 7.87. The quantitative estimate of drug-likeness (QED) is 0.886. The monoisotopic (exact) mass is 262 g/mol. The summed E-state index contributed by atoms with van der Waals surface area (Å²) in [7, 11) is 0. The number of piperidine rings is 1. The average molecular weight is 262 g/mol. The Morgan fingerprint density at radius 1 is 1.21 bits per heavy atom. The molecule has 1 aliphatic rings. The van der Waals surface area contributed by atoms with Gasteiger partial charge >= 0.3 is 0 Å². The van der Waals surface area contributed by atoms with Crippen LogP contribution in [0, 0.1) is 13.8 Å². The van der Waals surface area contributed by atoms with Gasteiger partial charge in [-0.25, -0.2) is 0 Å². The first-order valence-electron chi connectivity index (χ1n) is 7.34. The maximum absolute atomic E-state index is 5.88. The number of hydrogen-bond acceptors (Lipinski definition) is 3. The third kappa shape index (κ3) is 4.22. The van der Waals surface area contributed by atoms with Crippen LogP contribution in [0.2, 0.25) is 0 Å². The van der Waals surface area contributed by atoms with Crippen LogP contribution in [0.25, 0.3) is 0 Å². The second-order valence-corrected chi connectivity index (χ2v) is 5.59. The van der Waals surface area contributed by atoms with Crippen LogP contribution in [0.3, 0.4) is 0 Å². The number of aryl methyl sites for hydroxylation is 2. The Kier molecular flexibility index (Phi) is 5.23. The van der Waals surface area contributed by atoms with Crippen molar-refractivity contribution in [3.05, 3.63) is 29.3 Å². The standard InChI is InChI=1S/C16H26N2O/c1-13-9-14(2)11-16(10-13)19-8-7-18-6-4-3-5-15(18)12-17/h9-11,15H,3-8,12,17H2,1-2H3. The summed E-state index contributed by atoms with van der Waals surface area (Å²) in [5.74, 6) is 0.985. The van der Waals surface area contributed by atoms with Crippen molar-refractivity contribution in [1.29, 1.82) is 0 Å². The molecular formula is C16H26N2O. The van der Waals surface area contributed by atoms with Crippen molar-refractivity contribution in [2.75, 3.05) is 26.2 Å². The number of hydrogen-bond donors (Lipinski definition) is 1. The average Bonchev–Trinajstić information content (AvgIpc) is 2.38. The van der Waals surface area contributed by atoms with E-state index in [1.54, 1.807) is 0 Å². The lowest BCUT2D eigenvalue weighted by Gasteiger charge is -2.34. The predicted octanol–water partition coefficient (Wildman–Crippen LogP) is 2.50. The highest BCUT2D eigenvalue weighted by atomic mass is 16.5. The predicted molar refractivity (Wildman–Crippen MR) is 79.7 cm³/mol. The Hall–Kier alpha value is -1.06. The molecule has 0 spiro atoms. The molecule has 1 fully saturated rings. The van der Waals surface area contributed by atoms with Crippen LogP contribution in [0.4, 0.5) is 0 Å². The molecule has 0 bridgehead atoms. The summed E-state index contributed by atoms with van der Waals surface area (Å²) >= 11 is 0. The summed E-state index contributed by atoms with van der Waals surface area (Å²) < 4.78 is 5.88. The van der Waals surface area contributed by atoms with Crippen LogP contribution >= 0.6 is 0 Å². The fraction of sp³-hybridized carbons (Fsp3) is 0.625. The topological polar surface area (TPSA) is 38.5 Å². The van der Waals surface area contributed by atoms with Crippen LogP contribution in [0.15, 0.2) is 18.2 Å². The molecule has 0 amide bonds. The molecule has 2 N–H and O–H groups in total. The van der Waals surface area contributed by atoms with Crippen LogP contribution in [0.5, 0.6) is 5.75 Å². The summed E-state index contributed by atoms with van der Waals surface area (Å²) in [6, 6.07) is 6.92. The highest BCUT2D eigenvalue weighted by Crippen LogP contribution is 2.18. The molecule has 1 heterocycles. The Bertz CT molecular complexity index is 385. The van der Waals surface area contributed by atoms with E-state index in [1.165, 1.54) is 30.4 Å². The summed E-state index contributed by atoms with van der Waals surface area (Å²) in [6.07, 6.45) is 3.84. The third-order valence-electron chi connectivity index (χ3n) is 3.86. The molecule has 1 aliphatic heterocycles. The number of nitrogens with two attached hydrogens (primary N) is 1. The zero-order valence-corrected chi connectivity index (χ0v) is 12.2. The molecule has 0 aromatic heterocycles. The van der Waals surface area contributed by atoms with Gasteiger partial charge in [-0.3, -0.25) is 4.90 Å². The van der Waals surface area contributed by atoms with Crippen molar-refractivity contribution >= 4 is 0 Å². The van der Waals surface area contributed by atoms with E-state index in [1.807, 2.05) is 0 Å². The lowest BCUT2D eigenvalue weighted by molar-refractivity contribution is 0.127. The minimum atomic E-state index is 0.552. The van der Waals surface area contributed by atoms with Crippen molar-refractivity contribution in [3.63, 3.8) is 0 Å². The van der Waals surface area contributed by atoms with Crippen molar-refractivity contribution in [2.45, 2.75) is 39.2 Å². The highest BCUT2D eigenvalue weighted by Gasteiger charge is 2.20. The number of benzene rings is 1. The van der Waals surface area contributed by atoms with Crippen molar-refractivity contribution in [1.82, 2.24) is 4.90 Å². The minimum absolute atomic E-state index is 0.552. The van der Waals surface area contributed by atoms with Crippen LogP contribution < -0.4 is 10.5 Å². The van der Waals surface area contributed by atoms with E-state index in [0.717, 1.165) is 32.0 Å². The number of ether oxygens (including phenoxy) is 1. The number of likely N-dealkylation sites (tertiary alicyclic amines) is 1. The van der Waals surface area contributed by atoms with Crippen LogP contribution in [0.1, 0.15) is 30.4 Å². The molecule has 0 aliphatic carbocycles. The molecule has 106 valence electrons. The van der Waals surface area contributed by atoms with Gasteiger partial charge < -0.3 is 10.5 Å². The normalized spacial score (nSPS) is 20.5. The minimum Gasteiger partial charge on any atom is -0.492 e.